The van der Waals surface area contributed by atoms with Gasteiger partial charge in [0.05, 0.1) is 5.56 Å². The molecule has 0 bridgehead atoms. The van der Waals surface area contributed by atoms with E-state index in [-0.39, 0.29) is 12.3 Å². The van der Waals surface area contributed by atoms with E-state index in [1.54, 1.807) is 12.1 Å². The number of hydrogen-bond acceptors (Lipinski definition) is 5. The third-order valence-electron chi connectivity index (χ3n) is 6.69. The van der Waals surface area contributed by atoms with Gasteiger partial charge in [-0.2, -0.15) is 13.2 Å². The minimum absolute atomic E-state index is 0.156. The molecule has 6 nitrogen and oxygen atoms in total. The summed E-state index contributed by atoms with van der Waals surface area (Å²) in [5.41, 5.74) is 12.7. The lowest BCUT2D eigenvalue weighted by atomic mass is 9.86. The van der Waals surface area contributed by atoms with Crippen LogP contribution < -0.4 is 16.8 Å². The van der Waals surface area contributed by atoms with Crippen LogP contribution in [0.1, 0.15) is 41.0 Å². The Bertz CT molecular complexity index is 1120. The fourth-order valence-corrected chi connectivity index (χ4v) is 4.74. The fraction of sp³-hybridized carbons (Fsp3) is 0.346. The molecule has 0 aromatic heterocycles. The minimum atomic E-state index is -4.36. The molecule has 4 rings (SSSR count). The molecule has 1 fully saturated rings. The molecule has 2 aliphatic rings. The van der Waals surface area contributed by atoms with E-state index in [2.05, 4.69) is 10.2 Å². The summed E-state index contributed by atoms with van der Waals surface area (Å²) in [7, 11) is 0. The Labute approximate surface area is 202 Å². The fourth-order valence-electron chi connectivity index (χ4n) is 4.74. The van der Waals surface area contributed by atoms with E-state index in [0.717, 1.165) is 23.0 Å². The van der Waals surface area contributed by atoms with Gasteiger partial charge >= 0.3 is 12.1 Å². The molecule has 1 unspecified atom stereocenters. The van der Waals surface area contributed by atoms with Gasteiger partial charge in [0.1, 0.15) is 17.5 Å². The summed E-state index contributed by atoms with van der Waals surface area (Å²) in [5, 5.41) is 12.4. The molecule has 186 valence electrons. The van der Waals surface area contributed by atoms with Crippen LogP contribution in [-0.4, -0.2) is 35.1 Å². The molecule has 2 heterocycles. The molecule has 0 radical (unpaired) electrons. The van der Waals surface area contributed by atoms with Crippen molar-refractivity contribution in [3.63, 3.8) is 0 Å². The van der Waals surface area contributed by atoms with Crippen LogP contribution in [0.3, 0.4) is 0 Å². The van der Waals surface area contributed by atoms with Crippen LogP contribution in [0.4, 0.5) is 13.2 Å². The quantitative estimate of drug-likeness (QED) is 0.497. The first-order valence-electron chi connectivity index (χ1n) is 11.5. The molecule has 0 saturated carbocycles. The largest absolute Gasteiger partial charge is 0.480 e. The van der Waals surface area contributed by atoms with Crippen molar-refractivity contribution < 1.29 is 23.1 Å². The van der Waals surface area contributed by atoms with Gasteiger partial charge in [0.25, 0.3) is 0 Å². The average Bonchev–Trinajstić information content (AvgIpc) is 2.84. The summed E-state index contributed by atoms with van der Waals surface area (Å²) >= 11 is 0. The normalized spacial score (nSPS) is 21.9. The molecule has 2 aliphatic heterocycles. The predicted octanol–water partition coefficient (Wildman–Crippen LogP) is 3.65. The molecule has 0 amide bonds. The van der Waals surface area contributed by atoms with Crippen molar-refractivity contribution in [2.75, 3.05) is 13.1 Å². The number of aliphatic carboxylic acids is 1. The number of halogens is 3. The van der Waals surface area contributed by atoms with Crippen molar-refractivity contribution in [1.29, 1.82) is 0 Å². The maximum Gasteiger partial charge on any atom is 0.416 e. The first-order chi connectivity index (χ1) is 16.6. The number of nitrogens with one attached hydrogen (secondary N) is 1. The highest BCUT2D eigenvalue weighted by Crippen LogP contribution is 2.39. The maximum atomic E-state index is 13.5. The molecular weight excluding hydrogens is 457 g/mol. The number of allylic oxidation sites excluding steroid dienone is 2. The SMILES string of the molecule is N[C@@H](Cc1ccc(C2(N)C=CC=C(N3CCC(c4ccccc4C(F)(F)F)CC3)N2)cc1)C(=O)O. The number of piperidine rings is 1. The summed E-state index contributed by atoms with van der Waals surface area (Å²) in [6.45, 7) is 1.21. The molecule has 2 aromatic rings. The first kappa shape index (κ1) is 24.8. The number of likely N-dealkylation sites (tertiary alicyclic amines) is 1. The average molecular weight is 487 g/mol. The highest BCUT2D eigenvalue weighted by Gasteiger charge is 2.36. The van der Waals surface area contributed by atoms with Crippen molar-refractivity contribution in [3.8, 4) is 0 Å². The van der Waals surface area contributed by atoms with Crippen LogP contribution in [0, 0.1) is 0 Å². The van der Waals surface area contributed by atoms with E-state index in [4.69, 9.17) is 16.6 Å². The maximum absolute atomic E-state index is 13.5. The Hall–Kier alpha value is -3.30. The second-order valence-electron chi connectivity index (χ2n) is 9.10. The monoisotopic (exact) mass is 486 g/mol. The van der Waals surface area contributed by atoms with Crippen molar-refractivity contribution in [2.45, 2.75) is 43.1 Å². The van der Waals surface area contributed by atoms with Crippen LogP contribution in [0.25, 0.3) is 0 Å². The molecule has 2 aromatic carbocycles. The first-order valence-corrected chi connectivity index (χ1v) is 11.5. The lowest BCUT2D eigenvalue weighted by Crippen LogP contribution is -2.53. The Balaban J connectivity index is 1.41. The summed E-state index contributed by atoms with van der Waals surface area (Å²) in [4.78, 5) is 13.1. The zero-order valence-electron chi connectivity index (χ0n) is 19.1. The number of carbonyl (C=O) groups is 1. The Morgan fingerprint density at radius 3 is 2.43 bits per heavy atom. The van der Waals surface area contributed by atoms with Gasteiger partial charge < -0.3 is 26.8 Å². The molecule has 0 spiro atoms. The van der Waals surface area contributed by atoms with Gasteiger partial charge in [-0.25, -0.2) is 0 Å². The standard InChI is InChI=1S/C26H29F3N4O2/c27-26(28,29)21-5-2-1-4-20(21)18-11-14-33(15-12-18)23-6-3-13-25(31,32-23)19-9-7-17(8-10-19)16-22(30)24(34)35/h1-10,13,18,22,32H,11-12,14-16,30-31H2,(H,34,35)/t22-,25?/m0/s1. The second-order valence-corrected chi connectivity index (χ2v) is 9.10. The van der Waals surface area contributed by atoms with Crippen molar-refractivity contribution in [2.24, 2.45) is 11.5 Å². The molecular formula is C26H29F3N4O2. The zero-order chi connectivity index (χ0) is 25.2. The van der Waals surface area contributed by atoms with Gasteiger partial charge in [-0.05, 0) is 60.1 Å². The number of nitrogens with zero attached hydrogens (tertiary/aromatic N) is 1. The second kappa shape index (κ2) is 9.75. The highest BCUT2D eigenvalue weighted by molar-refractivity contribution is 5.73. The minimum Gasteiger partial charge on any atom is -0.480 e. The molecule has 9 heteroatoms. The summed E-state index contributed by atoms with van der Waals surface area (Å²) < 4.78 is 40.4. The molecule has 2 atom stereocenters. The van der Waals surface area contributed by atoms with E-state index >= 15 is 0 Å². The van der Waals surface area contributed by atoms with Crippen LogP contribution in [-0.2, 0) is 23.1 Å². The lowest BCUT2D eigenvalue weighted by Gasteiger charge is -2.41. The van der Waals surface area contributed by atoms with E-state index in [0.29, 0.717) is 31.5 Å². The number of carboxylic acids is 1. The zero-order valence-corrected chi connectivity index (χ0v) is 19.1. The molecule has 6 N–H and O–H groups in total. The van der Waals surface area contributed by atoms with E-state index in [1.165, 1.54) is 6.07 Å². The van der Waals surface area contributed by atoms with Crippen LogP contribution in [0.15, 0.2) is 72.6 Å². The van der Waals surface area contributed by atoms with Crippen LogP contribution >= 0.6 is 0 Å². The Morgan fingerprint density at radius 1 is 1.14 bits per heavy atom. The topological polar surface area (TPSA) is 105 Å². The van der Waals surface area contributed by atoms with Gasteiger partial charge in [-0.15, -0.1) is 0 Å². The highest BCUT2D eigenvalue weighted by atomic mass is 19.4. The number of hydrogen-bond donors (Lipinski definition) is 4. The van der Waals surface area contributed by atoms with E-state index < -0.39 is 29.4 Å². The van der Waals surface area contributed by atoms with Crippen LogP contribution in [0.5, 0.6) is 0 Å². The number of alkyl halides is 3. The molecule has 1 saturated heterocycles. The van der Waals surface area contributed by atoms with Crippen LogP contribution in [0.2, 0.25) is 0 Å². The van der Waals surface area contributed by atoms with Gasteiger partial charge in [0.2, 0.25) is 0 Å². The van der Waals surface area contributed by atoms with E-state index in [1.807, 2.05) is 42.5 Å². The van der Waals surface area contributed by atoms with Gasteiger partial charge in [0.15, 0.2) is 0 Å². The van der Waals surface area contributed by atoms with Crippen molar-refractivity contribution >= 4 is 5.97 Å². The summed E-state index contributed by atoms with van der Waals surface area (Å²) in [5.74, 6) is -0.396. The third kappa shape index (κ3) is 5.52. The van der Waals surface area contributed by atoms with Gasteiger partial charge in [-0.1, -0.05) is 48.5 Å². The smallest absolute Gasteiger partial charge is 0.416 e. The number of carboxylic acid groups (broad SMARTS) is 1. The van der Waals surface area contributed by atoms with Gasteiger partial charge in [0, 0.05) is 13.1 Å². The van der Waals surface area contributed by atoms with Crippen molar-refractivity contribution in [1.82, 2.24) is 10.2 Å². The summed E-state index contributed by atoms with van der Waals surface area (Å²) in [6.07, 6.45) is 2.67. The Morgan fingerprint density at radius 2 is 1.80 bits per heavy atom. The summed E-state index contributed by atoms with van der Waals surface area (Å²) in [6, 6.07) is 12.2. The van der Waals surface area contributed by atoms with E-state index in [9.17, 15) is 18.0 Å². The molecule has 0 aliphatic carbocycles. The number of dihydropyridines is 1. The third-order valence-corrected chi connectivity index (χ3v) is 6.69. The van der Waals surface area contributed by atoms with Crippen molar-refractivity contribution in [3.05, 3.63) is 94.8 Å². The number of nitrogens with two attached hydrogens (primary N) is 2. The number of rotatable bonds is 6. The Kier molecular flexibility index (Phi) is 6.91. The van der Waals surface area contributed by atoms with Gasteiger partial charge in [-0.3, -0.25) is 4.79 Å². The number of benzene rings is 2. The lowest BCUT2D eigenvalue weighted by molar-refractivity contribution is -0.139. The predicted molar refractivity (Wildman–Crippen MR) is 127 cm³/mol. The molecule has 35 heavy (non-hydrogen) atoms.